The van der Waals surface area contributed by atoms with Crippen LogP contribution in [0, 0.1) is 6.92 Å². The van der Waals surface area contributed by atoms with Crippen molar-refractivity contribution in [2.24, 2.45) is 0 Å². The molecule has 2 aliphatic carbocycles. The maximum Gasteiger partial charge on any atom is 0.280 e. The molecule has 0 radical (unpaired) electrons. The van der Waals surface area contributed by atoms with Crippen molar-refractivity contribution in [3.8, 4) is 0 Å². The SMILES string of the molecule is CC.Cc1nn(C(=O)c2c(Cl)cccc2C2CC2)c2c1CCCC2. The Morgan fingerprint density at radius 1 is 1.21 bits per heavy atom. The van der Waals surface area contributed by atoms with Gasteiger partial charge in [0.15, 0.2) is 0 Å². The van der Waals surface area contributed by atoms with Crippen LogP contribution in [0.5, 0.6) is 0 Å². The summed E-state index contributed by atoms with van der Waals surface area (Å²) < 4.78 is 1.62. The van der Waals surface area contributed by atoms with Crippen molar-refractivity contribution in [1.82, 2.24) is 9.78 Å². The van der Waals surface area contributed by atoms with E-state index in [1.165, 1.54) is 12.0 Å². The quantitative estimate of drug-likeness (QED) is 0.739. The molecule has 0 unspecified atom stereocenters. The van der Waals surface area contributed by atoms with E-state index in [9.17, 15) is 4.79 Å². The molecule has 128 valence electrons. The molecule has 4 heteroatoms. The second kappa shape index (κ2) is 7.10. The summed E-state index contributed by atoms with van der Waals surface area (Å²) in [6.07, 6.45) is 6.59. The van der Waals surface area contributed by atoms with E-state index >= 15 is 0 Å². The highest BCUT2D eigenvalue weighted by atomic mass is 35.5. The number of aryl methyl sites for hydroxylation is 1. The average Bonchev–Trinajstić information content (AvgIpc) is 3.40. The molecule has 1 saturated carbocycles. The predicted octanol–water partition coefficient (Wildman–Crippen LogP) is 5.32. The van der Waals surface area contributed by atoms with Crippen molar-refractivity contribution >= 4 is 17.5 Å². The Morgan fingerprint density at radius 3 is 2.62 bits per heavy atom. The molecule has 0 saturated heterocycles. The molecule has 0 spiro atoms. The highest BCUT2D eigenvalue weighted by Crippen LogP contribution is 2.43. The maximum atomic E-state index is 13.1. The fourth-order valence-corrected chi connectivity index (χ4v) is 3.82. The van der Waals surface area contributed by atoms with Crippen LogP contribution in [-0.2, 0) is 12.8 Å². The van der Waals surface area contributed by atoms with Crippen molar-refractivity contribution < 1.29 is 4.79 Å². The van der Waals surface area contributed by atoms with E-state index in [0.717, 1.165) is 49.1 Å². The van der Waals surface area contributed by atoms with Crippen molar-refractivity contribution in [3.05, 3.63) is 51.3 Å². The minimum Gasteiger partial charge on any atom is -0.267 e. The van der Waals surface area contributed by atoms with Gasteiger partial charge in [-0.05, 0) is 68.6 Å². The number of rotatable bonds is 2. The largest absolute Gasteiger partial charge is 0.280 e. The second-order valence-corrected chi connectivity index (χ2v) is 6.82. The minimum absolute atomic E-state index is 0.0567. The number of hydrogen-bond donors (Lipinski definition) is 0. The van der Waals surface area contributed by atoms with E-state index in [2.05, 4.69) is 5.10 Å². The second-order valence-electron chi connectivity index (χ2n) is 6.41. The van der Waals surface area contributed by atoms with E-state index in [4.69, 9.17) is 11.6 Å². The molecular weight excluding hydrogens is 320 g/mol. The zero-order chi connectivity index (χ0) is 17.3. The van der Waals surface area contributed by atoms with Gasteiger partial charge >= 0.3 is 0 Å². The topological polar surface area (TPSA) is 34.9 Å². The maximum absolute atomic E-state index is 13.1. The van der Waals surface area contributed by atoms with E-state index < -0.39 is 0 Å². The molecule has 0 atom stereocenters. The Kier molecular flexibility index (Phi) is 5.09. The van der Waals surface area contributed by atoms with Crippen LogP contribution in [0.25, 0.3) is 0 Å². The third-order valence-corrected chi connectivity index (χ3v) is 5.17. The Morgan fingerprint density at radius 2 is 1.92 bits per heavy atom. The first-order chi connectivity index (χ1) is 11.7. The molecule has 0 bridgehead atoms. The number of fused-ring (bicyclic) bond motifs is 1. The normalized spacial score (nSPS) is 16.2. The molecule has 0 amide bonds. The molecule has 0 N–H and O–H groups in total. The van der Waals surface area contributed by atoms with Crippen LogP contribution in [0.4, 0.5) is 0 Å². The fraction of sp³-hybridized carbons (Fsp3) is 0.500. The summed E-state index contributed by atoms with van der Waals surface area (Å²) in [7, 11) is 0. The molecule has 2 aromatic rings. The Bertz CT molecular complexity index is 759. The van der Waals surface area contributed by atoms with E-state index in [0.29, 0.717) is 16.5 Å². The van der Waals surface area contributed by atoms with Gasteiger partial charge in [-0.3, -0.25) is 4.79 Å². The first kappa shape index (κ1) is 17.2. The van der Waals surface area contributed by atoms with E-state index in [1.807, 2.05) is 39.0 Å². The van der Waals surface area contributed by atoms with Crippen LogP contribution in [0.2, 0.25) is 5.02 Å². The van der Waals surface area contributed by atoms with Gasteiger partial charge in [0.25, 0.3) is 5.91 Å². The van der Waals surface area contributed by atoms with Crippen molar-refractivity contribution in [1.29, 1.82) is 0 Å². The molecule has 0 aliphatic heterocycles. The highest BCUT2D eigenvalue weighted by Gasteiger charge is 2.31. The van der Waals surface area contributed by atoms with Gasteiger partial charge in [0.2, 0.25) is 0 Å². The third-order valence-electron chi connectivity index (χ3n) is 4.85. The molecule has 1 heterocycles. The van der Waals surface area contributed by atoms with Crippen LogP contribution >= 0.6 is 11.6 Å². The molecule has 1 aromatic heterocycles. The van der Waals surface area contributed by atoms with E-state index in [1.54, 1.807) is 4.68 Å². The number of hydrogen-bond acceptors (Lipinski definition) is 2. The van der Waals surface area contributed by atoms with Crippen LogP contribution < -0.4 is 0 Å². The van der Waals surface area contributed by atoms with Gasteiger partial charge in [0.05, 0.1) is 22.0 Å². The Balaban J connectivity index is 0.000000815. The van der Waals surface area contributed by atoms with Crippen LogP contribution in [0.15, 0.2) is 18.2 Å². The number of benzene rings is 1. The molecule has 2 aliphatic rings. The summed E-state index contributed by atoms with van der Waals surface area (Å²) in [5, 5.41) is 5.09. The highest BCUT2D eigenvalue weighted by molar-refractivity contribution is 6.34. The molecule has 1 aromatic carbocycles. The third kappa shape index (κ3) is 3.02. The van der Waals surface area contributed by atoms with Crippen molar-refractivity contribution in [2.75, 3.05) is 0 Å². The first-order valence-electron chi connectivity index (χ1n) is 9.07. The van der Waals surface area contributed by atoms with Crippen molar-refractivity contribution in [2.45, 2.75) is 65.2 Å². The van der Waals surface area contributed by atoms with Gasteiger partial charge in [-0.25, -0.2) is 4.68 Å². The van der Waals surface area contributed by atoms with Gasteiger partial charge in [-0.15, -0.1) is 0 Å². The van der Waals surface area contributed by atoms with Gasteiger partial charge in [0.1, 0.15) is 0 Å². The molecular formula is C20H25ClN2O. The molecule has 24 heavy (non-hydrogen) atoms. The number of nitrogens with zero attached hydrogens (tertiary/aromatic N) is 2. The summed E-state index contributed by atoms with van der Waals surface area (Å²) in [6, 6.07) is 5.79. The van der Waals surface area contributed by atoms with Gasteiger partial charge < -0.3 is 0 Å². The van der Waals surface area contributed by atoms with Crippen LogP contribution in [-0.4, -0.2) is 15.7 Å². The van der Waals surface area contributed by atoms with Gasteiger partial charge in [0, 0.05) is 0 Å². The van der Waals surface area contributed by atoms with Gasteiger partial charge in [-0.2, -0.15) is 5.10 Å². The lowest BCUT2D eigenvalue weighted by molar-refractivity contribution is 0.0940. The zero-order valence-electron chi connectivity index (χ0n) is 14.7. The van der Waals surface area contributed by atoms with Crippen LogP contribution in [0.3, 0.4) is 0 Å². The number of aromatic nitrogens is 2. The Labute approximate surface area is 149 Å². The predicted molar refractivity (Wildman–Crippen MR) is 98.1 cm³/mol. The standard InChI is InChI=1S/C18H19ClN2O.C2H6/c1-11-13-5-2-3-8-16(13)21(20-11)18(22)17-14(12-9-10-12)6-4-7-15(17)19;1-2/h4,6-7,12H,2-3,5,8-10H2,1H3;1-2H3. The fourth-order valence-electron chi connectivity index (χ4n) is 3.56. The van der Waals surface area contributed by atoms with Gasteiger partial charge in [-0.1, -0.05) is 37.6 Å². The lowest BCUT2D eigenvalue weighted by Crippen LogP contribution is -2.20. The summed E-state index contributed by atoms with van der Waals surface area (Å²) >= 11 is 6.37. The van der Waals surface area contributed by atoms with E-state index in [-0.39, 0.29) is 5.91 Å². The minimum atomic E-state index is -0.0567. The lowest BCUT2D eigenvalue weighted by atomic mass is 9.95. The monoisotopic (exact) mass is 344 g/mol. The van der Waals surface area contributed by atoms with Crippen molar-refractivity contribution in [3.63, 3.8) is 0 Å². The average molecular weight is 345 g/mol. The number of halogens is 1. The van der Waals surface area contributed by atoms with Crippen LogP contribution in [0.1, 0.15) is 78.3 Å². The summed E-state index contributed by atoms with van der Waals surface area (Å²) in [5.74, 6) is 0.434. The Hall–Kier alpha value is -1.61. The number of carbonyl (C=O) groups excluding carboxylic acids is 1. The summed E-state index contributed by atoms with van der Waals surface area (Å²) in [6.45, 7) is 6.00. The number of carbonyl (C=O) groups is 1. The molecule has 1 fully saturated rings. The molecule has 3 nitrogen and oxygen atoms in total. The summed E-state index contributed by atoms with van der Waals surface area (Å²) in [4.78, 5) is 13.1. The smallest absolute Gasteiger partial charge is 0.267 e. The lowest BCUT2D eigenvalue weighted by Gasteiger charge is -2.15. The molecule has 4 rings (SSSR count). The first-order valence-corrected chi connectivity index (χ1v) is 9.45. The zero-order valence-corrected chi connectivity index (χ0v) is 15.5. The summed E-state index contributed by atoms with van der Waals surface area (Å²) in [5.41, 5.74) is 5.09.